The number of carbonyl (C=O) groups is 1. The van der Waals surface area contributed by atoms with Gasteiger partial charge in [0.1, 0.15) is 11.4 Å². The van der Waals surface area contributed by atoms with E-state index >= 15 is 0 Å². The maximum Gasteiger partial charge on any atom is 0.223 e. The van der Waals surface area contributed by atoms with Crippen molar-refractivity contribution in [3.63, 3.8) is 0 Å². The van der Waals surface area contributed by atoms with E-state index in [0.29, 0.717) is 19.5 Å². The molecule has 2 N–H and O–H groups in total. The lowest BCUT2D eigenvalue weighted by atomic mass is 9.81. The number of aryl methyl sites for hydroxylation is 1. The van der Waals surface area contributed by atoms with Crippen LogP contribution in [0.5, 0.6) is 5.75 Å². The van der Waals surface area contributed by atoms with Gasteiger partial charge in [-0.2, -0.15) is 0 Å². The largest absolute Gasteiger partial charge is 0.487 e. The van der Waals surface area contributed by atoms with Crippen LogP contribution >= 0.6 is 0 Å². The van der Waals surface area contributed by atoms with Gasteiger partial charge in [-0.25, -0.2) is 0 Å². The maximum absolute atomic E-state index is 11.8. The standard InChI is InChI=1S/C26H32N2O4/c1-17-3-6-25-21(13-17)23(30)15-26(32-25)8-11-27(12-9-26)16-24(31)20-4-5-22-19(14-20)7-10-28(22)18(2)29/h3-6,13-14,23-24,30-31H,7-12,15-16H2,1-2H3/t23-,24-/m1/s1. The summed E-state index contributed by atoms with van der Waals surface area (Å²) in [5.74, 6) is 0.868. The van der Waals surface area contributed by atoms with Crippen LogP contribution in [0.25, 0.3) is 0 Å². The third-order valence-corrected chi connectivity index (χ3v) is 7.38. The molecule has 5 rings (SSSR count). The summed E-state index contributed by atoms with van der Waals surface area (Å²) < 4.78 is 6.42. The molecular formula is C26H32N2O4. The molecule has 0 unspecified atom stereocenters. The Balaban J connectivity index is 1.21. The number of piperidine rings is 1. The molecule has 2 aromatic carbocycles. The zero-order valence-corrected chi connectivity index (χ0v) is 18.9. The van der Waals surface area contributed by atoms with Crippen LogP contribution in [0.1, 0.15) is 60.6 Å². The highest BCUT2D eigenvalue weighted by Crippen LogP contribution is 2.44. The monoisotopic (exact) mass is 436 g/mol. The molecule has 0 aromatic heterocycles. The molecule has 2 aromatic rings. The van der Waals surface area contributed by atoms with Crippen molar-refractivity contribution in [3.8, 4) is 5.75 Å². The lowest BCUT2D eigenvalue weighted by Crippen LogP contribution is -2.51. The van der Waals surface area contributed by atoms with Gasteiger partial charge in [0.2, 0.25) is 5.91 Å². The summed E-state index contributed by atoms with van der Waals surface area (Å²) in [6.07, 6.45) is 2.07. The lowest BCUT2D eigenvalue weighted by Gasteiger charge is -2.46. The first-order valence-corrected chi connectivity index (χ1v) is 11.6. The van der Waals surface area contributed by atoms with E-state index in [9.17, 15) is 15.0 Å². The number of carbonyl (C=O) groups excluding carboxylic acids is 1. The Hall–Kier alpha value is -2.41. The van der Waals surface area contributed by atoms with Crippen molar-refractivity contribution in [2.75, 3.05) is 31.1 Å². The van der Waals surface area contributed by atoms with Crippen LogP contribution in [0, 0.1) is 6.92 Å². The van der Waals surface area contributed by atoms with Crippen LogP contribution in [-0.4, -0.2) is 52.8 Å². The number of aliphatic hydroxyl groups is 2. The molecule has 0 radical (unpaired) electrons. The van der Waals surface area contributed by atoms with E-state index in [2.05, 4.69) is 4.90 Å². The Morgan fingerprint density at radius 3 is 2.72 bits per heavy atom. The van der Waals surface area contributed by atoms with E-state index in [-0.39, 0.29) is 11.5 Å². The van der Waals surface area contributed by atoms with Crippen LogP contribution in [0.15, 0.2) is 36.4 Å². The summed E-state index contributed by atoms with van der Waals surface area (Å²) in [6, 6.07) is 12.0. The fourth-order valence-electron chi connectivity index (χ4n) is 5.51. The number of β-amino-alcohol motifs (C(OH)–C–C–N with tert-alkyl or cyclic N) is 1. The van der Waals surface area contributed by atoms with E-state index in [0.717, 1.165) is 66.0 Å². The highest BCUT2D eigenvalue weighted by Gasteiger charge is 2.43. The molecule has 170 valence electrons. The molecule has 32 heavy (non-hydrogen) atoms. The van der Waals surface area contributed by atoms with E-state index < -0.39 is 12.2 Å². The number of hydrogen-bond acceptors (Lipinski definition) is 5. The normalized spacial score (nSPS) is 22.9. The Morgan fingerprint density at radius 1 is 1.19 bits per heavy atom. The maximum atomic E-state index is 11.8. The van der Waals surface area contributed by atoms with Gasteiger partial charge >= 0.3 is 0 Å². The molecule has 0 bridgehead atoms. The van der Waals surface area contributed by atoms with E-state index in [1.807, 2.05) is 43.3 Å². The Labute approximate surface area is 189 Å². The number of benzene rings is 2. The lowest BCUT2D eigenvalue weighted by molar-refractivity contribution is -0.116. The number of anilines is 1. The third-order valence-electron chi connectivity index (χ3n) is 7.38. The molecule has 0 saturated carbocycles. The van der Waals surface area contributed by atoms with Crippen LogP contribution < -0.4 is 9.64 Å². The SMILES string of the molecule is CC(=O)N1CCc2cc([C@H](O)CN3CCC4(CC3)C[C@@H](O)c3cc(C)ccc3O4)ccc21. The van der Waals surface area contributed by atoms with Crippen molar-refractivity contribution in [2.24, 2.45) is 0 Å². The quantitative estimate of drug-likeness (QED) is 0.773. The minimum atomic E-state index is -0.567. The number of likely N-dealkylation sites (tertiary alicyclic amines) is 1. The molecule has 1 saturated heterocycles. The second-order valence-electron chi connectivity index (χ2n) is 9.67. The summed E-state index contributed by atoms with van der Waals surface area (Å²) in [5.41, 5.74) is 4.71. The zero-order chi connectivity index (χ0) is 22.5. The average molecular weight is 437 g/mol. The molecule has 1 spiro atoms. The van der Waals surface area contributed by atoms with Gasteiger partial charge < -0.3 is 24.7 Å². The van der Waals surface area contributed by atoms with Gasteiger partial charge in [0.05, 0.1) is 12.2 Å². The predicted octanol–water partition coefficient (Wildman–Crippen LogP) is 3.29. The first-order valence-electron chi connectivity index (χ1n) is 11.6. The first-order chi connectivity index (χ1) is 15.3. The fourth-order valence-corrected chi connectivity index (χ4v) is 5.51. The molecule has 3 aliphatic rings. The molecule has 6 nitrogen and oxygen atoms in total. The minimum Gasteiger partial charge on any atom is -0.487 e. The number of amides is 1. The molecule has 2 atom stereocenters. The van der Waals surface area contributed by atoms with Gasteiger partial charge in [0, 0.05) is 50.8 Å². The van der Waals surface area contributed by atoms with Crippen molar-refractivity contribution >= 4 is 11.6 Å². The van der Waals surface area contributed by atoms with Crippen LogP contribution in [0.4, 0.5) is 5.69 Å². The number of aliphatic hydroxyl groups excluding tert-OH is 2. The van der Waals surface area contributed by atoms with Crippen LogP contribution in [0.2, 0.25) is 0 Å². The smallest absolute Gasteiger partial charge is 0.223 e. The zero-order valence-electron chi connectivity index (χ0n) is 18.9. The van der Waals surface area contributed by atoms with Crippen molar-refractivity contribution in [1.29, 1.82) is 0 Å². The highest BCUT2D eigenvalue weighted by atomic mass is 16.5. The number of rotatable bonds is 3. The fraction of sp³-hybridized carbons (Fsp3) is 0.500. The van der Waals surface area contributed by atoms with Gasteiger partial charge in [-0.15, -0.1) is 0 Å². The molecule has 3 heterocycles. The molecule has 1 fully saturated rings. The number of fused-ring (bicyclic) bond motifs is 2. The third kappa shape index (κ3) is 3.91. The van der Waals surface area contributed by atoms with Gasteiger partial charge in [-0.3, -0.25) is 4.79 Å². The molecule has 0 aliphatic carbocycles. The first kappa shape index (κ1) is 21.4. The van der Waals surface area contributed by atoms with Gasteiger partial charge in [0.25, 0.3) is 0 Å². The van der Waals surface area contributed by atoms with Gasteiger partial charge in [0.15, 0.2) is 0 Å². The van der Waals surface area contributed by atoms with Crippen molar-refractivity contribution in [3.05, 3.63) is 58.7 Å². The van der Waals surface area contributed by atoms with Gasteiger partial charge in [-0.1, -0.05) is 23.8 Å². The minimum absolute atomic E-state index is 0.0621. The summed E-state index contributed by atoms with van der Waals surface area (Å²) in [4.78, 5) is 15.8. The Bertz CT molecular complexity index is 1030. The number of hydrogen-bond donors (Lipinski definition) is 2. The molecule has 3 aliphatic heterocycles. The highest BCUT2D eigenvalue weighted by molar-refractivity contribution is 5.93. The average Bonchev–Trinajstić information content (AvgIpc) is 3.20. The van der Waals surface area contributed by atoms with E-state index in [1.165, 1.54) is 0 Å². The van der Waals surface area contributed by atoms with Gasteiger partial charge in [-0.05, 0) is 55.5 Å². The van der Waals surface area contributed by atoms with Crippen molar-refractivity contribution in [2.45, 2.75) is 57.3 Å². The summed E-state index contributed by atoms with van der Waals surface area (Å²) in [5, 5.41) is 21.6. The van der Waals surface area contributed by atoms with E-state index in [1.54, 1.807) is 11.8 Å². The molecule has 1 amide bonds. The van der Waals surface area contributed by atoms with Crippen molar-refractivity contribution < 1.29 is 19.7 Å². The van der Waals surface area contributed by atoms with Crippen LogP contribution in [-0.2, 0) is 11.2 Å². The predicted molar refractivity (Wildman–Crippen MR) is 123 cm³/mol. The topological polar surface area (TPSA) is 73.2 Å². The van der Waals surface area contributed by atoms with Crippen molar-refractivity contribution in [1.82, 2.24) is 4.90 Å². The Kier molecular flexibility index (Phi) is 5.48. The molecule has 6 heteroatoms. The summed E-state index contributed by atoms with van der Waals surface area (Å²) in [7, 11) is 0. The second-order valence-corrected chi connectivity index (χ2v) is 9.67. The number of ether oxygens (including phenoxy) is 1. The second kappa shape index (κ2) is 8.18. The molecular weight excluding hydrogens is 404 g/mol. The number of nitrogens with zero attached hydrogens (tertiary/aromatic N) is 2. The van der Waals surface area contributed by atoms with Crippen LogP contribution in [0.3, 0.4) is 0 Å². The summed E-state index contributed by atoms with van der Waals surface area (Å²) >= 11 is 0. The summed E-state index contributed by atoms with van der Waals surface area (Å²) in [6.45, 7) is 6.57. The van der Waals surface area contributed by atoms with E-state index in [4.69, 9.17) is 4.74 Å². The Morgan fingerprint density at radius 2 is 1.97 bits per heavy atom.